The normalized spacial score (nSPS) is 10.4. The minimum absolute atomic E-state index is 0.0388. The monoisotopic (exact) mass is 359 g/mol. The zero-order valence-corrected chi connectivity index (χ0v) is 12.5. The highest BCUT2D eigenvalue weighted by atomic mass is 79.9. The third-order valence-electron chi connectivity index (χ3n) is 2.55. The number of nitro benzene ring substituents is 1. The summed E-state index contributed by atoms with van der Waals surface area (Å²) in [6.07, 6.45) is 0. The summed E-state index contributed by atoms with van der Waals surface area (Å²) in [5.74, 6) is 0.138. The van der Waals surface area contributed by atoms with Crippen LogP contribution >= 0.6 is 27.5 Å². The van der Waals surface area contributed by atoms with Gasteiger partial charge in [0.2, 0.25) is 0 Å². The van der Waals surface area contributed by atoms with Crippen LogP contribution in [0.15, 0.2) is 34.8 Å². The average molecular weight is 361 g/mol. The molecule has 0 radical (unpaired) electrons. The van der Waals surface area contributed by atoms with E-state index in [0.29, 0.717) is 15.8 Å². The molecular weight excluding hydrogens is 353 g/mol. The number of benzene rings is 2. The van der Waals surface area contributed by atoms with E-state index in [1.807, 2.05) is 0 Å². The lowest BCUT2D eigenvalue weighted by molar-refractivity contribution is -0.384. The minimum atomic E-state index is -0.572. The Labute approximate surface area is 127 Å². The Bertz CT molecular complexity index is 694. The Hall–Kier alpha value is -1.66. The number of hydrogen-bond acceptors (Lipinski definition) is 3. The fourth-order valence-electron chi connectivity index (χ4n) is 1.57. The zero-order chi connectivity index (χ0) is 14.9. The van der Waals surface area contributed by atoms with Crippen LogP contribution in [0.2, 0.25) is 5.02 Å². The van der Waals surface area contributed by atoms with Crippen molar-refractivity contribution in [1.29, 1.82) is 0 Å². The van der Waals surface area contributed by atoms with Crippen molar-refractivity contribution in [2.75, 3.05) is 0 Å². The first-order valence-electron chi connectivity index (χ1n) is 5.46. The van der Waals surface area contributed by atoms with Crippen LogP contribution in [0.25, 0.3) is 0 Å². The summed E-state index contributed by atoms with van der Waals surface area (Å²) in [5, 5.41) is 10.7. The molecule has 0 saturated heterocycles. The summed E-state index contributed by atoms with van der Waals surface area (Å²) in [4.78, 5) is 10.2. The number of rotatable bonds is 3. The van der Waals surface area contributed by atoms with Crippen molar-refractivity contribution in [2.45, 2.75) is 6.92 Å². The molecule has 0 heterocycles. The van der Waals surface area contributed by atoms with Crippen molar-refractivity contribution in [2.24, 2.45) is 0 Å². The second-order valence-electron chi connectivity index (χ2n) is 4.00. The summed E-state index contributed by atoms with van der Waals surface area (Å²) in [6, 6.07) is 6.65. The molecule has 0 amide bonds. The van der Waals surface area contributed by atoms with Crippen LogP contribution in [0.4, 0.5) is 10.1 Å². The number of ether oxygens (including phenoxy) is 1. The zero-order valence-electron chi connectivity index (χ0n) is 10.2. The molecule has 0 aromatic heterocycles. The summed E-state index contributed by atoms with van der Waals surface area (Å²) in [6.45, 7) is 1.64. The van der Waals surface area contributed by atoms with Crippen molar-refractivity contribution in [3.8, 4) is 11.5 Å². The second kappa shape index (κ2) is 5.76. The van der Waals surface area contributed by atoms with Gasteiger partial charge >= 0.3 is 0 Å². The number of hydrogen-bond donors (Lipinski definition) is 0. The quantitative estimate of drug-likeness (QED) is 0.555. The summed E-state index contributed by atoms with van der Waals surface area (Å²) < 4.78 is 19.3. The Morgan fingerprint density at radius 1 is 1.30 bits per heavy atom. The van der Waals surface area contributed by atoms with Crippen molar-refractivity contribution >= 4 is 33.2 Å². The van der Waals surface area contributed by atoms with Crippen LogP contribution in [0.5, 0.6) is 11.5 Å². The molecule has 4 nitrogen and oxygen atoms in total. The van der Waals surface area contributed by atoms with Gasteiger partial charge in [-0.3, -0.25) is 10.1 Å². The number of aryl methyl sites for hydroxylation is 1. The molecule has 2 rings (SSSR count). The lowest BCUT2D eigenvalue weighted by Gasteiger charge is -2.11. The van der Waals surface area contributed by atoms with Gasteiger partial charge in [-0.15, -0.1) is 0 Å². The Morgan fingerprint density at radius 3 is 2.65 bits per heavy atom. The van der Waals surface area contributed by atoms with Crippen LogP contribution in [0.1, 0.15) is 5.56 Å². The van der Waals surface area contributed by atoms with E-state index in [-0.39, 0.29) is 16.5 Å². The standard InChI is InChI=1S/C13H8BrClFNO3/c1-7-4-11(17(18)19)10(15)6-12(7)20-13-5-8(16)2-3-9(13)14/h2-6H,1H3. The fourth-order valence-corrected chi connectivity index (χ4v) is 2.12. The van der Waals surface area contributed by atoms with Crippen LogP contribution in [-0.4, -0.2) is 4.92 Å². The van der Waals surface area contributed by atoms with Gasteiger partial charge in [0.15, 0.2) is 0 Å². The van der Waals surface area contributed by atoms with E-state index in [9.17, 15) is 14.5 Å². The highest BCUT2D eigenvalue weighted by Crippen LogP contribution is 2.36. The number of nitrogens with zero attached hydrogens (tertiary/aromatic N) is 1. The molecule has 2 aromatic carbocycles. The third-order valence-corrected chi connectivity index (χ3v) is 3.51. The summed E-state index contributed by atoms with van der Waals surface area (Å²) in [5.41, 5.74) is 0.326. The van der Waals surface area contributed by atoms with Gasteiger partial charge in [-0.05, 0) is 40.5 Å². The molecule has 0 atom stereocenters. The van der Waals surface area contributed by atoms with Crippen molar-refractivity contribution in [3.05, 3.63) is 61.3 Å². The van der Waals surface area contributed by atoms with E-state index in [0.717, 1.165) is 0 Å². The van der Waals surface area contributed by atoms with Gasteiger partial charge in [0.05, 0.1) is 9.40 Å². The van der Waals surface area contributed by atoms with Gasteiger partial charge in [-0.2, -0.15) is 0 Å². The average Bonchev–Trinajstić information content (AvgIpc) is 2.37. The van der Waals surface area contributed by atoms with Crippen molar-refractivity contribution in [1.82, 2.24) is 0 Å². The first kappa shape index (κ1) is 14.7. The molecule has 7 heteroatoms. The van der Waals surface area contributed by atoms with Crippen molar-refractivity contribution in [3.63, 3.8) is 0 Å². The Morgan fingerprint density at radius 2 is 2.00 bits per heavy atom. The molecule has 20 heavy (non-hydrogen) atoms. The largest absolute Gasteiger partial charge is 0.456 e. The second-order valence-corrected chi connectivity index (χ2v) is 5.26. The minimum Gasteiger partial charge on any atom is -0.456 e. The number of nitro groups is 1. The van der Waals surface area contributed by atoms with Crippen LogP contribution in [0, 0.1) is 22.9 Å². The highest BCUT2D eigenvalue weighted by molar-refractivity contribution is 9.10. The maximum atomic E-state index is 13.2. The number of halogens is 3. The first-order valence-corrected chi connectivity index (χ1v) is 6.63. The first-order chi connectivity index (χ1) is 9.38. The Balaban J connectivity index is 2.42. The Kier molecular flexibility index (Phi) is 4.25. The molecule has 0 saturated carbocycles. The van der Waals surface area contributed by atoms with Crippen LogP contribution in [-0.2, 0) is 0 Å². The maximum Gasteiger partial charge on any atom is 0.288 e. The molecule has 104 valence electrons. The molecule has 0 aliphatic heterocycles. The van der Waals surface area contributed by atoms with Gasteiger partial charge in [0.25, 0.3) is 5.69 Å². The van der Waals surface area contributed by atoms with Gasteiger partial charge in [0.1, 0.15) is 22.3 Å². The summed E-state index contributed by atoms with van der Waals surface area (Å²) in [7, 11) is 0. The van der Waals surface area contributed by atoms with Gasteiger partial charge in [0, 0.05) is 18.2 Å². The van der Waals surface area contributed by atoms with E-state index in [1.165, 1.54) is 30.3 Å². The van der Waals surface area contributed by atoms with Crippen LogP contribution in [0.3, 0.4) is 0 Å². The molecule has 0 fully saturated rings. The molecule has 0 N–H and O–H groups in total. The molecule has 0 aliphatic carbocycles. The topological polar surface area (TPSA) is 52.4 Å². The maximum absolute atomic E-state index is 13.2. The van der Waals surface area contributed by atoms with Gasteiger partial charge in [-0.25, -0.2) is 4.39 Å². The fraction of sp³-hybridized carbons (Fsp3) is 0.0769. The van der Waals surface area contributed by atoms with E-state index >= 15 is 0 Å². The predicted octanol–water partition coefficient (Wildman–Crippen LogP) is 5.25. The van der Waals surface area contributed by atoms with E-state index in [1.54, 1.807) is 6.92 Å². The third kappa shape index (κ3) is 3.08. The molecule has 0 bridgehead atoms. The van der Waals surface area contributed by atoms with E-state index in [4.69, 9.17) is 16.3 Å². The van der Waals surface area contributed by atoms with Gasteiger partial charge < -0.3 is 4.74 Å². The SMILES string of the molecule is Cc1cc([N+](=O)[O-])c(Cl)cc1Oc1cc(F)ccc1Br. The summed E-state index contributed by atoms with van der Waals surface area (Å²) >= 11 is 9.06. The highest BCUT2D eigenvalue weighted by Gasteiger charge is 2.16. The molecular formula is C13H8BrClFNO3. The predicted molar refractivity (Wildman–Crippen MR) is 77.0 cm³/mol. The molecule has 0 spiro atoms. The molecule has 0 aliphatic rings. The lowest BCUT2D eigenvalue weighted by Crippen LogP contribution is -1.94. The van der Waals surface area contributed by atoms with E-state index in [2.05, 4.69) is 15.9 Å². The smallest absolute Gasteiger partial charge is 0.288 e. The van der Waals surface area contributed by atoms with Crippen LogP contribution < -0.4 is 4.74 Å². The lowest BCUT2D eigenvalue weighted by atomic mass is 10.2. The van der Waals surface area contributed by atoms with Crippen molar-refractivity contribution < 1.29 is 14.1 Å². The molecule has 2 aromatic rings. The van der Waals surface area contributed by atoms with E-state index < -0.39 is 10.7 Å². The van der Waals surface area contributed by atoms with Gasteiger partial charge in [-0.1, -0.05) is 11.6 Å². The molecule has 0 unspecified atom stereocenters.